The number of carbonyl (C=O) groups excluding carboxylic acids is 1. The summed E-state index contributed by atoms with van der Waals surface area (Å²) in [5, 5.41) is 6.37. The van der Waals surface area contributed by atoms with Gasteiger partial charge in [-0.2, -0.15) is 0 Å². The topological polar surface area (TPSA) is 104 Å². The molecule has 0 bridgehead atoms. The molecule has 1 atom stereocenters. The predicted octanol–water partition coefficient (Wildman–Crippen LogP) is 1.74. The Labute approximate surface area is 103 Å². The summed E-state index contributed by atoms with van der Waals surface area (Å²) >= 11 is 1.57. The summed E-state index contributed by atoms with van der Waals surface area (Å²) in [5.41, 5.74) is 13.5. The highest BCUT2D eigenvalue weighted by Crippen LogP contribution is 2.23. The smallest absolute Gasteiger partial charge is 0.239 e. The summed E-state index contributed by atoms with van der Waals surface area (Å²) in [4.78, 5) is 16.1. The molecule has 0 aliphatic carbocycles. The van der Waals surface area contributed by atoms with E-state index in [0.29, 0.717) is 13.1 Å². The maximum absolute atomic E-state index is 11.3. The van der Waals surface area contributed by atoms with Crippen molar-refractivity contribution < 1.29 is 4.79 Å². The van der Waals surface area contributed by atoms with Crippen molar-refractivity contribution in [1.82, 2.24) is 5.32 Å². The zero-order valence-corrected chi connectivity index (χ0v) is 10.4. The molecule has 6 nitrogen and oxygen atoms in total. The molecule has 0 spiro atoms. The number of amides is 1. The normalized spacial score (nSPS) is 11.8. The van der Waals surface area contributed by atoms with E-state index in [1.165, 1.54) is 4.88 Å². The minimum absolute atomic E-state index is 0.298. The van der Waals surface area contributed by atoms with Crippen LogP contribution in [0, 0.1) is 0 Å². The van der Waals surface area contributed by atoms with Gasteiger partial charge in [0.25, 0.3) is 0 Å². The van der Waals surface area contributed by atoms with Crippen molar-refractivity contribution >= 4 is 17.2 Å². The Kier molecular flexibility index (Phi) is 5.48. The lowest BCUT2D eigenvalue weighted by molar-refractivity contribution is -0.120. The molecule has 7 heteroatoms. The van der Waals surface area contributed by atoms with Crippen molar-refractivity contribution in [2.45, 2.75) is 19.4 Å². The Morgan fingerprint density at radius 2 is 2.47 bits per heavy atom. The highest BCUT2D eigenvalue weighted by molar-refractivity contribution is 7.12. The number of nitrogens with two attached hydrogens (primary N) is 1. The van der Waals surface area contributed by atoms with E-state index in [1.54, 1.807) is 11.3 Å². The van der Waals surface area contributed by atoms with Crippen LogP contribution in [0.3, 0.4) is 0 Å². The molecule has 3 N–H and O–H groups in total. The maximum atomic E-state index is 11.3. The summed E-state index contributed by atoms with van der Waals surface area (Å²) in [6.45, 7) is 2.78. The number of thiophene rings is 1. The molecule has 0 saturated heterocycles. The first-order valence-electron chi connectivity index (χ1n) is 5.31. The maximum Gasteiger partial charge on any atom is 0.239 e. The molecule has 0 fully saturated rings. The molecule has 92 valence electrons. The molecular weight excluding hydrogens is 238 g/mol. The van der Waals surface area contributed by atoms with Gasteiger partial charge < -0.3 is 11.1 Å². The van der Waals surface area contributed by atoms with Gasteiger partial charge in [0.15, 0.2) is 0 Å². The number of nitrogens with zero attached hydrogens (tertiary/aromatic N) is 3. The van der Waals surface area contributed by atoms with Crippen molar-refractivity contribution in [2.75, 3.05) is 13.1 Å². The van der Waals surface area contributed by atoms with Gasteiger partial charge in [-0.25, -0.2) is 0 Å². The van der Waals surface area contributed by atoms with E-state index in [4.69, 9.17) is 11.3 Å². The van der Waals surface area contributed by atoms with Crippen LogP contribution >= 0.6 is 11.3 Å². The van der Waals surface area contributed by atoms with Crippen LogP contribution < -0.4 is 11.1 Å². The third-order valence-corrected chi connectivity index (χ3v) is 3.52. The molecule has 0 aliphatic heterocycles. The van der Waals surface area contributed by atoms with Crippen molar-refractivity contribution in [3.63, 3.8) is 0 Å². The average Bonchev–Trinajstić information content (AvgIpc) is 2.77. The lowest BCUT2D eigenvalue weighted by atomic mass is 10.2. The van der Waals surface area contributed by atoms with Crippen LogP contribution in [-0.4, -0.2) is 19.0 Å². The van der Waals surface area contributed by atoms with Gasteiger partial charge in [-0.05, 0) is 24.1 Å². The minimum atomic E-state index is -0.505. The second-order valence-corrected chi connectivity index (χ2v) is 4.60. The van der Waals surface area contributed by atoms with Gasteiger partial charge in [0.1, 0.15) is 6.04 Å². The molecule has 0 radical (unpaired) electrons. The van der Waals surface area contributed by atoms with Crippen LogP contribution in [0.4, 0.5) is 0 Å². The molecule has 1 amide bonds. The number of azide groups is 1. The highest BCUT2D eigenvalue weighted by atomic mass is 32.1. The highest BCUT2D eigenvalue weighted by Gasteiger charge is 2.18. The monoisotopic (exact) mass is 253 g/mol. The van der Waals surface area contributed by atoms with Crippen LogP contribution in [0.1, 0.15) is 22.7 Å². The van der Waals surface area contributed by atoms with E-state index in [2.05, 4.69) is 22.3 Å². The first kappa shape index (κ1) is 13.5. The van der Waals surface area contributed by atoms with Crippen LogP contribution in [0.25, 0.3) is 10.4 Å². The zero-order valence-electron chi connectivity index (χ0n) is 9.59. The average molecular weight is 253 g/mol. The number of carbonyl (C=O) groups is 1. The van der Waals surface area contributed by atoms with Crippen LogP contribution in [0.2, 0.25) is 0 Å². The van der Waals surface area contributed by atoms with Gasteiger partial charge in [-0.15, -0.1) is 11.3 Å². The van der Waals surface area contributed by atoms with E-state index in [1.807, 2.05) is 12.1 Å². The van der Waals surface area contributed by atoms with Crippen molar-refractivity contribution in [1.29, 1.82) is 0 Å². The van der Waals surface area contributed by atoms with Crippen molar-refractivity contribution in [3.8, 4) is 0 Å². The number of rotatable bonds is 7. The molecule has 1 unspecified atom stereocenters. The standard InChI is InChI=1S/C10H15N5OS/c1-2-7-3-4-8(17-7)9(10(11)16)13-5-6-14-15-12/h3-4,9,13H,2,5-6H2,1H3,(H2,11,16). The Hall–Kier alpha value is -1.56. The Bertz CT molecular complexity index is 424. The molecule has 1 aromatic heterocycles. The van der Waals surface area contributed by atoms with E-state index in [0.717, 1.165) is 11.3 Å². The molecule has 1 aromatic rings. The van der Waals surface area contributed by atoms with E-state index in [-0.39, 0.29) is 0 Å². The summed E-state index contributed by atoms with van der Waals surface area (Å²) in [7, 11) is 0. The van der Waals surface area contributed by atoms with Gasteiger partial charge in [-0.1, -0.05) is 12.0 Å². The Morgan fingerprint density at radius 3 is 3.00 bits per heavy atom. The first-order chi connectivity index (χ1) is 8.19. The molecule has 0 saturated carbocycles. The van der Waals surface area contributed by atoms with Gasteiger partial charge in [0.2, 0.25) is 5.91 Å². The number of hydrogen-bond acceptors (Lipinski definition) is 4. The quantitative estimate of drug-likeness (QED) is 0.334. The van der Waals surface area contributed by atoms with Gasteiger partial charge >= 0.3 is 0 Å². The van der Waals surface area contributed by atoms with E-state index < -0.39 is 11.9 Å². The summed E-state index contributed by atoms with van der Waals surface area (Å²) in [6, 6.07) is 3.39. The largest absolute Gasteiger partial charge is 0.368 e. The van der Waals surface area contributed by atoms with Gasteiger partial charge in [0, 0.05) is 27.8 Å². The summed E-state index contributed by atoms with van der Waals surface area (Å²) < 4.78 is 0. The Morgan fingerprint density at radius 1 is 1.71 bits per heavy atom. The fourth-order valence-electron chi connectivity index (χ4n) is 1.38. The fraction of sp³-hybridized carbons (Fsp3) is 0.500. The van der Waals surface area contributed by atoms with Crippen LogP contribution in [-0.2, 0) is 11.2 Å². The number of aryl methyl sites for hydroxylation is 1. The Balaban J connectivity index is 2.65. The first-order valence-corrected chi connectivity index (χ1v) is 6.12. The van der Waals surface area contributed by atoms with Crippen LogP contribution in [0.5, 0.6) is 0 Å². The van der Waals surface area contributed by atoms with Gasteiger partial charge in [0.05, 0.1) is 0 Å². The van der Waals surface area contributed by atoms with Crippen LogP contribution in [0.15, 0.2) is 17.2 Å². The van der Waals surface area contributed by atoms with Crippen molar-refractivity contribution in [2.24, 2.45) is 10.8 Å². The molecule has 17 heavy (non-hydrogen) atoms. The van der Waals surface area contributed by atoms with E-state index in [9.17, 15) is 4.79 Å². The molecule has 0 aromatic carbocycles. The SMILES string of the molecule is CCc1ccc(C(NCCN=[N+]=[N-])C(N)=O)s1. The van der Waals surface area contributed by atoms with E-state index >= 15 is 0 Å². The van der Waals surface area contributed by atoms with Gasteiger partial charge in [-0.3, -0.25) is 4.79 Å². The molecule has 0 aliphatic rings. The second kappa shape index (κ2) is 6.90. The predicted molar refractivity (Wildman–Crippen MR) is 67.6 cm³/mol. The third kappa shape index (κ3) is 4.07. The zero-order chi connectivity index (χ0) is 12.7. The minimum Gasteiger partial charge on any atom is -0.368 e. The molecule has 1 rings (SSSR count). The molecule has 1 heterocycles. The fourth-order valence-corrected chi connectivity index (χ4v) is 2.42. The number of primary amides is 1. The van der Waals surface area contributed by atoms with Crippen molar-refractivity contribution in [3.05, 3.63) is 32.3 Å². The third-order valence-electron chi connectivity index (χ3n) is 2.22. The lowest BCUT2D eigenvalue weighted by Crippen LogP contribution is -2.34. The molecular formula is C10H15N5OS. The number of nitrogens with one attached hydrogen (secondary N) is 1. The summed E-state index contributed by atoms with van der Waals surface area (Å²) in [6.07, 6.45) is 0.939. The summed E-state index contributed by atoms with van der Waals surface area (Å²) in [5.74, 6) is -0.421. The number of hydrogen-bond donors (Lipinski definition) is 2. The second-order valence-electron chi connectivity index (χ2n) is 3.40. The lowest BCUT2D eigenvalue weighted by Gasteiger charge is -2.12.